The third kappa shape index (κ3) is 4.22. The smallest absolute Gasteiger partial charge is 0.265 e. The van der Waals surface area contributed by atoms with E-state index in [4.69, 9.17) is 0 Å². The highest BCUT2D eigenvalue weighted by atomic mass is 32.2. The van der Waals surface area contributed by atoms with Gasteiger partial charge < -0.3 is 4.90 Å². The molecule has 1 heterocycles. The molecule has 4 rings (SSSR count). The van der Waals surface area contributed by atoms with Crippen LogP contribution in [0.25, 0.3) is 11.1 Å². The standard InChI is InChI=1S/C24H22N2O4S/c1-2-23(27)26-15-14-19-16-20(10-13-22(19)26)24(28)25-31(29,30)21-11-8-18(9-12-21)17-6-4-3-5-7-17/h3-13,16H,2,14-15H2,1H3,(H,25,28). The SMILES string of the molecule is CCC(=O)N1CCc2cc(C(=O)NS(=O)(=O)c3ccc(-c4ccccc4)cc3)ccc21. The maximum absolute atomic E-state index is 12.7. The molecule has 1 N–H and O–H groups in total. The Bertz CT molecular complexity index is 1240. The highest BCUT2D eigenvalue weighted by molar-refractivity contribution is 7.90. The number of amides is 2. The van der Waals surface area contributed by atoms with Crippen LogP contribution >= 0.6 is 0 Å². The van der Waals surface area contributed by atoms with Gasteiger partial charge in [-0.15, -0.1) is 0 Å². The zero-order valence-electron chi connectivity index (χ0n) is 17.0. The van der Waals surface area contributed by atoms with E-state index in [1.165, 1.54) is 12.1 Å². The van der Waals surface area contributed by atoms with Crippen molar-refractivity contribution in [3.05, 3.63) is 83.9 Å². The number of carbonyl (C=O) groups is 2. The lowest BCUT2D eigenvalue weighted by atomic mass is 10.1. The predicted molar refractivity (Wildman–Crippen MR) is 119 cm³/mol. The number of nitrogens with one attached hydrogen (secondary N) is 1. The monoisotopic (exact) mass is 434 g/mol. The van der Waals surface area contributed by atoms with E-state index < -0.39 is 15.9 Å². The molecule has 1 aliphatic heterocycles. The molecule has 6 nitrogen and oxygen atoms in total. The summed E-state index contributed by atoms with van der Waals surface area (Å²) < 4.78 is 27.5. The summed E-state index contributed by atoms with van der Waals surface area (Å²) in [5.74, 6) is -0.673. The van der Waals surface area contributed by atoms with Crippen molar-refractivity contribution in [2.45, 2.75) is 24.7 Å². The lowest BCUT2D eigenvalue weighted by molar-refractivity contribution is -0.118. The van der Waals surface area contributed by atoms with Crippen LogP contribution in [0.2, 0.25) is 0 Å². The number of carbonyl (C=O) groups excluding carboxylic acids is 2. The van der Waals surface area contributed by atoms with Gasteiger partial charge in [0, 0.05) is 24.2 Å². The molecule has 3 aromatic carbocycles. The lowest BCUT2D eigenvalue weighted by Crippen LogP contribution is -2.30. The van der Waals surface area contributed by atoms with E-state index in [1.807, 2.05) is 30.3 Å². The number of anilines is 1. The fourth-order valence-electron chi connectivity index (χ4n) is 3.69. The zero-order chi connectivity index (χ0) is 22.0. The van der Waals surface area contributed by atoms with E-state index in [0.29, 0.717) is 19.4 Å². The van der Waals surface area contributed by atoms with E-state index in [0.717, 1.165) is 22.4 Å². The summed E-state index contributed by atoms with van der Waals surface area (Å²) in [6.45, 7) is 2.37. The van der Waals surface area contributed by atoms with Gasteiger partial charge in [0.05, 0.1) is 4.90 Å². The number of rotatable bonds is 5. The molecule has 0 bridgehead atoms. The normalized spacial score (nSPS) is 13.0. The van der Waals surface area contributed by atoms with Gasteiger partial charge in [0.15, 0.2) is 0 Å². The minimum absolute atomic E-state index is 0.0152. The average Bonchev–Trinajstić information content (AvgIpc) is 3.22. The summed E-state index contributed by atoms with van der Waals surface area (Å²) in [7, 11) is -4.01. The maximum atomic E-state index is 12.7. The molecule has 158 valence electrons. The average molecular weight is 435 g/mol. The number of nitrogens with zero attached hydrogens (tertiary/aromatic N) is 1. The number of benzene rings is 3. The molecule has 2 amide bonds. The molecule has 0 saturated heterocycles. The second-order valence-electron chi connectivity index (χ2n) is 7.32. The molecule has 0 radical (unpaired) electrons. The van der Waals surface area contributed by atoms with Gasteiger partial charge in [-0.05, 0) is 53.4 Å². The molecule has 0 unspecified atom stereocenters. The van der Waals surface area contributed by atoms with Crippen molar-refractivity contribution >= 4 is 27.5 Å². The highest BCUT2D eigenvalue weighted by Crippen LogP contribution is 2.29. The topological polar surface area (TPSA) is 83.6 Å². The van der Waals surface area contributed by atoms with Crippen LogP contribution in [0.15, 0.2) is 77.7 Å². The molecule has 0 fully saturated rings. The van der Waals surface area contributed by atoms with Gasteiger partial charge in [0.2, 0.25) is 5.91 Å². The van der Waals surface area contributed by atoms with Crippen LogP contribution in [-0.2, 0) is 21.2 Å². The summed E-state index contributed by atoms with van der Waals surface area (Å²) in [6, 6.07) is 20.9. The molecule has 1 aliphatic rings. The summed E-state index contributed by atoms with van der Waals surface area (Å²) in [6.07, 6.45) is 1.04. The molecule has 0 aliphatic carbocycles. The van der Waals surface area contributed by atoms with Gasteiger partial charge in [-0.3, -0.25) is 9.59 Å². The molecular formula is C24H22N2O4S. The Balaban J connectivity index is 1.51. The number of fused-ring (bicyclic) bond motifs is 1. The van der Waals surface area contributed by atoms with E-state index in [9.17, 15) is 18.0 Å². The van der Waals surface area contributed by atoms with Crippen molar-refractivity contribution in [2.24, 2.45) is 0 Å². The Morgan fingerprint density at radius 3 is 2.29 bits per heavy atom. The molecule has 0 atom stereocenters. The van der Waals surface area contributed by atoms with Crippen molar-refractivity contribution in [3.8, 4) is 11.1 Å². The quantitative estimate of drug-likeness (QED) is 0.663. The van der Waals surface area contributed by atoms with Gasteiger partial charge in [-0.1, -0.05) is 49.4 Å². The Kier molecular flexibility index (Phi) is 5.61. The van der Waals surface area contributed by atoms with Gasteiger partial charge >= 0.3 is 0 Å². The summed E-state index contributed by atoms with van der Waals surface area (Å²) >= 11 is 0. The van der Waals surface area contributed by atoms with Crippen LogP contribution in [0.3, 0.4) is 0 Å². The Morgan fingerprint density at radius 2 is 1.61 bits per heavy atom. The third-order valence-electron chi connectivity index (χ3n) is 5.34. The molecule has 7 heteroatoms. The maximum Gasteiger partial charge on any atom is 0.265 e. The number of hydrogen-bond acceptors (Lipinski definition) is 4. The van der Waals surface area contributed by atoms with Crippen molar-refractivity contribution in [3.63, 3.8) is 0 Å². The highest BCUT2D eigenvalue weighted by Gasteiger charge is 2.25. The first kappa shape index (κ1) is 20.8. The minimum Gasteiger partial charge on any atom is -0.312 e. The van der Waals surface area contributed by atoms with Crippen LogP contribution in [0.1, 0.15) is 29.3 Å². The zero-order valence-corrected chi connectivity index (χ0v) is 17.9. The van der Waals surface area contributed by atoms with E-state index >= 15 is 0 Å². The minimum atomic E-state index is -4.01. The van der Waals surface area contributed by atoms with Crippen LogP contribution in [-0.4, -0.2) is 26.8 Å². The van der Waals surface area contributed by atoms with E-state index in [-0.39, 0.29) is 16.4 Å². The van der Waals surface area contributed by atoms with Gasteiger partial charge in [-0.25, -0.2) is 13.1 Å². The number of hydrogen-bond donors (Lipinski definition) is 1. The molecule has 3 aromatic rings. The molecular weight excluding hydrogens is 412 g/mol. The van der Waals surface area contributed by atoms with Crippen LogP contribution in [0.5, 0.6) is 0 Å². The summed E-state index contributed by atoms with van der Waals surface area (Å²) in [4.78, 5) is 26.4. The van der Waals surface area contributed by atoms with Gasteiger partial charge in [-0.2, -0.15) is 0 Å². The van der Waals surface area contributed by atoms with Crippen LogP contribution in [0, 0.1) is 0 Å². The molecule has 0 saturated carbocycles. The first-order valence-corrected chi connectivity index (χ1v) is 11.5. The first-order chi connectivity index (χ1) is 14.9. The number of sulfonamides is 1. The summed E-state index contributed by atoms with van der Waals surface area (Å²) in [5.41, 5.74) is 3.75. The first-order valence-electron chi connectivity index (χ1n) is 10.0. The molecule has 31 heavy (non-hydrogen) atoms. The lowest BCUT2D eigenvalue weighted by Gasteiger charge is -2.16. The Morgan fingerprint density at radius 1 is 0.935 bits per heavy atom. The Hall–Kier alpha value is -3.45. The van der Waals surface area contributed by atoms with Gasteiger partial charge in [0.1, 0.15) is 0 Å². The Labute approximate surface area is 181 Å². The largest absolute Gasteiger partial charge is 0.312 e. The van der Waals surface area contributed by atoms with E-state index in [2.05, 4.69) is 4.72 Å². The third-order valence-corrected chi connectivity index (χ3v) is 6.69. The van der Waals surface area contributed by atoms with Crippen molar-refractivity contribution in [2.75, 3.05) is 11.4 Å². The van der Waals surface area contributed by atoms with Crippen molar-refractivity contribution in [1.82, 2.24) is 4.72 Å². The van der Waals surface area contributed by atoms with E-state index in [1.54, 1.807) is 42.2 Å². The molecule has 0 spiro atoms. The second kappa shape index (κ2) is 8.35. The fraction of sp³-hybridized carbons (Fsp3) is 0.167. The van der Waals surface area contributed by atoms with Crippen LogP contribution < -0.4 is 9.62 Å². The second-order valence-corrected chi connectivity index (χ2v) is 9.00. The fourth-order valence-corrected chi connectivity index (χ4v) is 4.66. The van der Waals surface area contributed by atoms with Gasteiger partial charge in [0.25, 0.3) is 15.9 Å². The van der Waals surface area contributed by atoms with Crippen LogP contribution in [0.4, 0.5) is 5.69 Å². The van der Waals surface area contributed by atoms with Crippen molar-refractivity contribution in [1.29, 1.82) is 0 Å². The summed E-state index contributed by atoms with van der Waals surface area (Å²) in [5, 5.41) is 0. The molecule has 0 aromatic heterocycles. The predicted octanol–water partition coefficient (Wildman–Crippen LogP) is 3.77. The van der Waals surface area contributed by atoms with Crippen molar-refractivity contribution < 1.29 is 18.0 Å².